The summed E-state index contributed by atoms with van der Waals surface area (Å²) < 4.78 is 4.88. The number of hydrogen-bond donors (Lipinski definition) is 0. The average Bonchev–Trinajstić information content (AvgIpc) is 2.60. The van der Waals surface area contributed by atoms with E-state index >= 15 is 0 Å². The monoisotopic (exact) mass is 197 g/mol. The highest BCUT2D eigenvalue weighted by Gasteiger charge is 2.00. The first-order valence-electron chi connectivity index (χ1n) is 4.59. The van der Waals surface area contributed by atoms with Gasteiger partial charge in [-0.25, -0.2) is 0 Å². The molecule has 0 aliphatic heterocycles. The number of rotatable bonds is 5. The van der Waals surface area contributed by atoms with Gasteiger partial charge in [0.2, 0.25) is 0 Å². The molecule has 0 spiro atoms. The van der Waals surface area contributed by atoms with E-state index in [4.69, 9.17) is 4.52 Å². The molecule has 0 radical (unpaired) electrons. The summed E-state index contributed by atoms with van der Waals surface area (Å²) in [6, 6.07) is 0. The van der Waals surface area contributed by atoms with E-state index in [1.54, 1.807) is 6.26 Å². The van der Waals surface area contributed by atoms with Crippen LogP contribution in [0.1, 0.15) is 31.5 Å². The van der Waals surface area contributed by atoms with E-state index in [2.05, 4.69) is 24.4 Å². The Hall–Kier alpha value is -0.700. The van der Waals surface area contributed by atoms with Gasteiger partial charge >= 0.3 is 0 Å². The van der Waals surface area contributed by atoms with Crippen molar-refractivity contribution in [1.82, 2.24) is 5.16 Å². The van der Waals surface area contributed by atoms with Crippen LogP contribution in [0.2, 0.25) is 0 Å². The maximum Gasteiger partial charge on any atom is 0.127 e. The number of aromatic nitrogens is 1. The largest absolute Gasteiger partial charge is 0.364 e. The van der Waals surface area contributed by atoms with Gasteiger partial charge in [0.15, 0.2) is 0 Å². The Balaban J connectivity index is 2.47. The fourth-order valence-corrected chi connectivity index (χ4v) is 1.56. The van der Waals surface area contributed by atoms with Crippen LogP contribution in [0.5, 0.6) is 0 Å². The fraction of sp³-hybridized carbons (Fsp3) is 0.500. The van der Waals surface area contributed by atoms with Gasteiger partial charge in [-0.1, -0.05) is 19.0 Å². The summed E-state index contributed by atoms with van der Waals surface area (Å²) >= 11 is 1.81. The lowest BCUT2D eigenvalue weighted by atomic mass is 10.2. The van der Waals surface area contributed by atoms with Gasteiger partial charge in [-0.05, 0) is 30.1 Å². The minimum absolute atomic E-state index is 0.964. The smallest absolute Gasteiger partial charge is 0.127 e. The number of nitrogens with zero attached hydrogens (tertiary/aromatic N) is 1. The molecule has 0 fully saturated rings. The van der Waals surface area contributed by atoms with Crippen molar-refractivity contribution >= 4 is 17.8 Å². The third-order valence-corrected chi connectivity index (χ3v) is 2.67. The summed E-state index contributed by atoms with van der Waals surface area (Å²) in [4.78, 5) is 0. The third kappa shape index (κ3) is 3.27. The predicted octanol–water partition coefficient (Wildman–Crippen LogP) is 3.35. The molecule has 1 aromatic rings. The highest BCUT2D eigenvalue weighted by atomic mass is 32.2. The number of thioether (sulfide) groups is 1. The molecular formula is C10H15NOS. The van der Waals surface area contributed by atoms with Crippen LogP contribution >= 0.6 is 11.8 Å². The molecule has 1 rings (SSSR count). The first kappa shape index (κ1) is 10.4. The zero-order valence-corrected chi connectivity index (χ0v) is 8.93. The van der Waals surface area contributed by atoms with E-state index < -0.39 is 0 Å². The minimum Gasteiger partial charge on any atom is -0.364 e. The van der Waals surface area contributed by atoms with Gasteiger partial charge in [0.1, 0.15) is 12.0 Å². The zero-order chi connectivity index (χ0) is 9.52. The van der Waals surface area contributed by atoms with E-state index in [0.717, 1.165) is 17.9 Å². The lowest BCUT2D eigenvalue weighted by molar-refractivity contribution is 0.417. The number of aryl methyl sites for hydroxylation is 1. The van der Waals surface area contributed by atoms with Crippen LogP contribution in [0.25, 0.3) is 6.08 Å². The fourth-order valence-electron chi connectivity index (χ4n) is 0.966. The molecule has 1 aromatic heterocycles. The van der Waals surface area contributed by atoms with Gasteiger partial charge in [-0.3, -0.25) is 0 Å². The zero-order valence-electron chi connectivity index (χ0n) is 8.12. The van der Waals surface area contributed by atoms with Crippen LogP contribution in [0.15, 0.2) is 16.2 Å². The van der Waals surface area contributed by atoms with Gasteiger partial charge in [0.05, 0.1) is 0 Å². The predicted molar refractivity (Wildman–Crippen MR) is 57.7 cm³/mol. The lowest BCUT2D eigenvalue weighted by Gasteiger charge is -1.90. The summed E-state index contributed by atoms with van der Waals surface area (Å²) in [5.74, 6) is 1.16. The van der Waals surface area contributed by atoms with Crippen molar-refractivity contribution in [3.05, 3.63) is 22.9 Å². The summed E-state index contributed by atoms with van der Waals surface area (Å²) in [5, 5.41) is 5.99. The van der Waals surface area contributed by atoms with Gasteiger partial charge in [-0.15, -0.1) is 11.8 Å². The molecule has 0 aliphatic rings. The number of hydrogen-bond acceptors (Lipinski definition) is 3. The van der Waals surface area contributed by atoms with Crippen molar-refractivity contribution in [1.29, 1.82) is 0 Å². The van der Waals surface area contributed by atoms with Crippen molar-refractivity contribution in [3.63, 3.8) is 0 Å². The van der Waals surface area contributed by atoms with Crippen LogP contribution in [-0.2, 0) is 6.42 Å². The molecule has 0 saturated carbocycles. The van der Waals surface area contributed by atoms with Gasteiger partial charge in [-0.2, -0.15) is 0 Å². The third-order valence-electron chi connectivity index (χ3n) is 1.70. The second-order valence-corrected chi connectivity index (χ2v) is 3.77. The molecule has 0 aromatic carbocycles. The standard InChI is InChI=1S/C10H15NOS/c1-3-6-13-7-5-10-9(4-2)8-12-11-10/h5,7-8H,3-4,6H2,1-2H3. The van der Waals surface area contributed by atoms with Crippen molar-refractivity contribution in [2.24, 2.45) is 0 Å². The van der Waals surface area contributed by atoms with E-state index in [1.165, 1.54) is 12.0 Å². The molecule has 3 heteroatoms. The lowest BCUT2D eigenvalue weighted by Crippen LogP contribution is -1.79. The molecule has 0 amide bonds. The van der Waals surface area contributed by atoms with Gasteiger partial charge in [0.25, 0.3) is 0 Å². The van der Waals surface area contributed by atoms with Crippen molar-refractivity contribution in [2.75, 3.05) is 5.75 Å². The van der Waals surface area contributed by atoms with Crippen LogP contribution < -0.4 is 0 Å². The quantitative estimate of drug-likeness (QED) is 0.677. The summed E-state index contributed by atoms with van der Waals surface area (Å²) in [5.41, 5.74) is 2.14. The Morgan fingerprint density at radius 3 is 3.08 bits per heavy atom. The van der Waals surface area contributed by atoms with E-state index in [9.17, 15) is 0 Å². The van der Waals surface area contributed by atoms with Crippen LogP contribution in [-0.4, -0.2) is 10.9 Å². The van der Waals surface area contributed by atoms with Crippen molar-refractivity contribution in [2.45, 2.75) is 26.7 Å². The van der Waals surface area contributed by atoms with E-state index in [0.29, 0.717) is 0 Å². The minimum atomic E-state index is 0.964. The first-order chi connectivity index (χ1) is 6.38. The molecule has 0 N–H and O–H groups in total. The molecule has 0 atom stereocenters. The molecule has 0 aliphatic carbocycles. The summed E-state index contributed by atoms with van der Waals surface area (Å²) in [6.45, 7) is 4.28. The Morgan fingerprint density at radius 2 is 2.38 bits per heavy atom. The van der Waals surface area contributed by atoms with Crippen LogP contribution in [0, 0.1) is 0 Å². The van der Waals surface area contributed by atoms with Crippen LogP contribution in [0.3, 0.4) is 0 Å². The Kier molecular flexibility index (Phi) is 4.68. The molecular weight excluding hydrogens is 182 g/mol. The van der Waals surface area contributed by atoms with Gasteiger partial charge < -0.3 is 4.52 Å². The second kappa shape index (κ2) is 5.86. The summed E-state index contributed by atoms with van der Waals surface area (Å²) in [7, 11) is 0. The van der Waals surface area contributed by atoms with Crippen molar-refractivity contribution < 1.29 is 4.52 Å². The molecule has 0 saturated heterocycles. The highest BCUT2D eigenvalue weighted by molar-refractivity contribution is 8.02. The first-order valence-corrected chi connectivity index (χ1v) is 5.64. The molecule has 2 nitrogen and oxygen atoms in total. The van der Waals surface area contributed by atoms with E-state index in [1.807, 2.05) is 17.8 Å². The Labute approximate surface area is 83.4 Å². The molecule has 72 valence electrons. The maximum atomic E-state index is 4.88. The average molecular weight is 197 g/mol. The molecule has 1 heterocycles. The Morgan fingerprint density at radius 1 is 1.54 bits per heavy atom. The van der Waals surface area contributed by atoms with Crippen LogP contribution in [0.4, 0.5) is 0 Å². The van der Waals surface area contributed by atoms with Crippen molar-refractivity contribution in [3.8, 4) is 0 Å². The van der Waals surface area contributed by atoms with Gasteiger partial charge in [0, 0.05) is 5.56 Å². The Bertz CT molecular complexity index is 268. The maximum absolute atomic E-state index is 4.88. The molecule has 13 heavy (non-hydrogen) atoms. The molecule has 0 bridgehead atoms. The second-order valence-electron chi connectivity index (χ2n) is 2.75. The topological polar surface area (TPSA) is 26.0 Å². The normalized spacial score (nSPS) is 11.2. The SMILES string of the molecule is CCCSC=Cc1nocc1CC. The summed E-state index contributed by atoms with van der Waals surface area (Å²) in [6.07, 6.45) is 5.91. The van der Waals surface area contributed by atoms with E-state index in [-0.39, 0.29) is 0 Å². The molecule has 0 unspecified atom stereocenters. The highest BCUT2D eigenvalue weighted by Crippen LogP contribution is 2.12.